The minimum absolute atomic E-state index is 0.763. The predicted octanol–water partition coefficient (Wildman–Crippen LogP) is 3.60. The third-order valence-electron chi connectivity index (χ3n) is 3.76. The maximum Gasteiger partial charge on any atom is -0.0125 e. The fourth-order valence-electron chi connectivity index (χ4n) is 3.06. The number of fused-ring (bicyclic) bond motifs is 3. The second kappa shape index (κ2) is 3.42. The maximum absolute atomic E-state index is 3.66. The van der Waals surface area contributed by atoms with E-state index >= 15 is 0 Å². The molecule has 0 heterocycles. The lowest BCUT2D eigenvalue weighted by Gasteiger charge is -2.36. The highest BCUT2D eigenvalue weighted by molar-refractivity contribution is 5.34. The van der Waals surface area contributed by atoms with Crippen molar-refractivity contribution >= 4 is 0 Å². The van der Waals surface area contributed by atoms with Crippen LogP contribution < -0.4 is 0 Å². The molecule has 1 aromatic rings. The predicted molar refractivity (Wildman–Crippen MR) is 58.1 cm³/mol. The second-order valence-corrected chi connectivity index (χ2v) is 4.55. The smallest absolute Gasteiger partial charge is 0.0125 e. The van der Waals surface area contributed by atoms with E-state index in [1.807, 2.05) is 0 Å². The average Bonchev–Trinajstić information content (AvgIpc) is 2.29. The van der Waals surface area contributed by atoms with Gasteiger partial charge in [-0.15, -0.1) is 0 Å². The Labute approximate surface area is 86.3 Å². The Bertz CT molecular complexity index is 327. The molecule has 0 spiro atoms. The molecule has 2 atom stereocenters. The zero-order chi connectivity index (χ0) is 9.38. The topological polar surface area (TPSA) is 0 Å². The molecule has 0 amide bonds. The summed E-state index contributed by atoms with van der Waals surface area (Å²) in [5, 5.41) is 0. The Morgan fingerprint density at radius 2 is 2.07 bits per heavy atom. The number of benzene rings is 1. The number of hydrogen-bond acceptors (Lipinski definition) is 0. The molecule has 72 valence electrons. The van der Waals surface area contributed by atoms with Crippen molar-refractivity contribution in [3.8, 4) is 0 Å². The first-order chi connectivity index (χ1) is 6.95. The van der Waals surface area contributed by atoms with Crippen molar-refractivity contribution in [3.05, 3.63) is 41.8 Å². The normalized spacial score (nSPS) is 30.6. The summed E-state index contributed by atoms with van der Waals surface area (Å²) in [6.45, 7) is 0. The molecule has 0 aliphatic heterocycles. The largest absolute Gasteiger partial charge is 0.0620 e. The van der Waals surface area contributed by atoms with E-state index in [-0.39, 0.29) is 0 Å². The first kappa shape index (κ1) is 8.52. The fourth-order valence-corrected chi connectivity index (χ4v) is 3.06. The van der Waals surface area contributed by atoms with Gasteiger partial charge in [0.15, 0.2) is 0 Å². The molecule has 0 nitrogen and oxygen atoms in total. The molecular weight excluding hydrogens is 168 g/mol. The monoisotopic (exact) mass is 184 g/mol. The van der Waals surface area contributed by atoms with Crippen LogP contribution in [-0.4, -0.2) is 0 Å². The summed E-state index contributed by atoms with van der Waals surface area (Å²) in [5.74, 6) is 1.56. The third-order valence-corrected chi connectivity index (χ3v) is 3.76. The van der Waals surface area contributed by atoms with Crippen LogP contribution in [0.2, 0.25) is 0 Å². The third kappa shape index (κ3) is 1.28. The van der Waals surface area contributed by atoms with Crippen molar-refractivity contribution in [2.45, 2.75) is 38.0 Å². The molecule has 0 saturated heterocycles. The Balaban J connectivity index is 1.99. The van der Waals surface area contributed by atoms with Gasteiger partial charge in [0.1, 0.15) is 0 Å². The summed E-state index contributed by atoms with van der Waals surface area (Å²) in [5.41, 5.74) is 3.22. The highest BCUT2D eigenvalue weighted by Gasteiger charge is 2.31. The van der Waals surface area contributed by atoms with Gasteiger partial charge < -0.3 is 0 Å². The van der Waals surface area contributed by atoms with Gasteiger partial charge in [0.2, 0.25) is 0 Å². The Kier molecular flexibility index (Phi) is 2.08. The molecule has 2 unspecified atom stereocenters. The van der Waals surface area contributed by atoms with E-state index in [4.69, 9.17) is 0 Å². The first-order valence-corrected chi connectivity index (χ1v) is 5.76. The lowest BCUT2D eigenvalue weighted by Crippen LogP contribution is -2.24. The molecule has 1 fully saturated rings. The van der Waals surface area contributed by atoms with Gasteiger partial charge in [-0.05, 0) is 55.1 Å². The van der Waals surface area contributed by atoms with Crippen molar-refractivity contribution in [3.63, 3.8) is 0 Å². The van der Waals surface area contributed by atoms with E-state index < -0.39 is 0 Å². The molecule has 2 aliphatic carbocycles. The van der Waals surface area contributed by atoms with E-state index in [9.17, 15) is 0 Å². The van der Waals surface area contributed by atoms with Crippen molar-refractivity contribution < 1.29 is 0 Å². The molecule has 1 saturated carbocycles. The van der Waals surface area contributed by atoms with E-state index in [2.05, 4.69) is 30.7 Å². The molecule has 0 aromatic heterocycles. The van der Waals surface area contributed by atoms with Crippen LogP contribution in [0.5, 0.6) is 0 Å². The molecule has 3 rings (SSSR count). The van der Waals surface area contributed by atoms with Crippen LogP contribution >= 0.6 is 0 Å². The standard InChI is InChI=1S/C14H16/c1-3-7-13-11(5-1)9-10-12-6-2-4-8-14(12)13/h1,3,5,7,12,14H,2,4,8-10H2. The van der Waals surface area contributed by atoms with Gasteiger partial charge in [-0.2, -0.15) is 0 Å². The molecule has 0 N–H and O–H groups in total. The van der Waals surface area contributed by atoms with E-state index in [0.717, 1.165) is 11.8 Å². The minimum atomic E-state index is 0.763. The van der Waals surface area contributed by atoms with Crippen LogP contribution in [0.3, 0.4) is 0 Å². The lowest BCUT2D eigenvalue weighted by molar-refractivity contribution is 0.343. The second-order valence-electron chi connectivity index (χ2n) is 4.55. The summed E-state index contributed by atoms with van der Waals surface area (Å²) in [6.07, 6.45) is 10.2. The van der Waals surface area contributed by atoms with Gasteiger partial charge in [-0.25, -0.2) is 0 Å². The lowest BCUT2D eigenvalue weighted by atomic mass is 9.68. The van der Waals surface area contributed by atoms with Crippen LogP contribution in [0.1, 0.15) is 42.7 Å². The van der Waals surface area contributed by atoms with Crippen molar-refractivity contribution in [2.24, 2.45) is 5.92 Å². The molecular formula is C14H16. The summed E-state index contributed by atoms with van der Waals surface area (Å²) in [7, 11) is 0. The van der Waals surface area contributed by atoms with E-state index in [1.165, 1.54) is 32.1 Å². The first-order valence-electron chi connectivity index (χ1n) is 5.76. The number of aryl methyl sites for hydroxylation is 1. The molecule has 2 aliphatic rings. The van der Waals surface area contributed by atoms with Gasteiger partial charge in [0.25, 0.3) is 0 Å². The summed E-state index contributed by atoms with van der Waals surface area (Å²) < 4.78 is 0. The average molecular weight is 184 g/mol. The van der Waals surface area contributed by atoms with Crippen LogP contribution in [0.4, 0.5) is 0 Å². The van der Waals surface area contributed by atoms with Gasteiger partial charge in [-0.3, -0.25) is 0 Å². The fraction of sp³-hybridized carbons (Fsp3) is 0.500. The molecule has 1 aromatic carbocycles. The van der Waals surface area contributed by atoms with Crippen molar-refractivity contribution in [1.29, 1.82) is 0 Å². The quantitative estimate of drug-likeness (QED) is 0.578. The van der Waals surface area contributed by atoms with Gasteiger partial charge in [0.05, 0.1) is 0 Å². The highest BCUT2D eigenvalue weighted by Crippen LogP contribution is 2.44. The van der Waals surface area contributed by atoms with Crippen LogP contribution in [0.15, 0.2) is 24.3 Å². The molecule has 2 radical (unpaired) electrons. The van der Waals surface area contributed by atoms with Gasteiger partial charge >= 0.3 is 0 Å². The zero-order valence-corrected chi connectivity index (χ0v) is 8.50. The van der Waals surface area contributed by atoms with E-state index in [0.29, 0.717) is 0 Å². The van der Waals surface area contributed by atoms with Crippen molar-refractivity contribution in [2.75, 3.05) is 0 Å². The number of rotatable bonds is 0. The van der Waals surface area contributed by atoms with Gasteiger partial charge in [-0.1, -0.05) is 30.7 Å². The number of hydrogen-bond donors (Lipinski definition) is 0. The summed E-state index contributed by atoms with van der Waals surface area (Å²) >= 11 is 0. The molecule has 14 heavy (non-hydrogen) atoms. The molecule has 0 bridgehead atoms. The maximum atomic E-state index is 3.66. The van der Waals surface area contributed by atoms with Crippen LogP contribution in [0, 0.1) is 12.3 Å². The zero-order valence-electron chi connectivity index (χ0n) is 8.50. The summed E-state index contributed by atoms with van der Waals surface area (Å²) in [4.78, 5) is 0. The minimum Gasteiger partial charge on any atom is -0.0620 e. The van der Waals surface area contributed by atoms with Crippen molar-refractivity contribution in [1.82, 2.24) is 0 Å². The Hall–Kier alpha value is -0.780. The van der Waals surface area contributed by atoms with Crippen LogP contribution in [-0.2, 0) is 6.42 Å². The summed E-state index contributed by atoms with van der Waals surface area (Å²) in [6, 6.07) is 9.00. The van der Waals surface area contributed by atoms with Crippen LogP contribution in [0.25, 0.3) is 0 Å². The molecule has 0 heteroatoms. The van der Waals surface area contributed by atoms with E-state index in [1.54, 1.807) is 11.1 Å². The Morgan fingerprint density at radius 1 is 1.14 bits per heavy atom. The Morgan fingerprint density at radius 3 is 3.07 bits per heavy atom. The highest BCUT2D eigenvalue weighted by atomic mass is 14.4. The van der Waals surface area contributed by atoms with Gasteiger partial charge in [0, 0.05) is 0 Å². The SMILES string of the molecule is [C]1CCCC2c3ccccc3CCC12.